The van der Waals surface area contributed by atoms with E-state index in [9.17, 15) is 9.18 Å². The second-order valence-corrected chi connectivity index (χ2v) is 5.48. The Morgan fingerprint density at radius 2 is 2.21 bits per heavy atom. The highest BCUT2D eigenvalue weighted by atomic mass is 32.1. The van der Waals surface area contributed by atoms with Gasteiger partial charge in [-0.05, 0) is 24.6 Å². The molecule has 1 N–H and O–H groups in total. The lowest BCUT2D eigenvalue weighted by molar-refractivity contribution is 0.0953. The smallest absolute Gasteiger partial charge is 0.280 e. The number of carbonyl (C=O) groups excluding carboxylic acids is 1. The summed E-state index contributed by atoms with van der Waals surface area (Å²) in [5, 5.41) is 3.25. The molecule has 0 bridgehead atoms. The Kier molecular flexibility index (Phi) is 4.85. The number of hydrogen-bond acceptors (Lipinski definition) is 3. The summed E-state index contributed by atoms with van der Waals surface area (Å²) in [6.07, 6.45) is 4.48. The average Bonchev–Trinajstić information content (AvgIpc) is 2.81. The molecule has 3 nitrogen and oxygen atoms in total. The number of benzene rings is 1. The third-order valence-corrected chi connectivity index (χ3v) is 3.88. The van der Waals surface area contributed by atoms with Gasteiger partial charge in [0.25, 0.3) is 5.91 Å². The van der Waals surface area contributed by atoms with Crippen LogP contribution in [-0.2, 0) is 0 Å². The van der Waals surface area contributed by atoms with Crippen molar-refractivity contribution in [3.63, 3.8) is 0 Å². The Bertz CT molecular complexity index is 568. The number of fused-ring (bicyclic) bond motifs is 1. The van der Waals surface area contributed by atoms with E-state index in [4.69, 9.17) is 0 Å². The molecule has 19 heavy (non-hydrogen) atoms. The number of aromatic nitrogens is 1. The van der Waals surface area contributed by atoms with Crippen molar-refractivity contribution in [2.75, 3.05) is 6.54 Å². The Morgan fingerprint density at radius 1 is 1.37 bits per heavy atom. The molecular formula is C14H17FN2OS. The minimum Gasteiger partial charge on any atom is -0.350 e. The summed E-state index contributed by atoms with van der Waals surface area (Å²) < 4.78 is 13.8. The lowest BCUT2D eigenvalue weighted by Gasteiger charge is -2.01. The molecule has 1 aromatic carbocycles. The average molecular weight is 280 g/mol. The van der Waals surface area contributed by atoms with Gasteiger partial charge in [-0.25, -0.2) is 9.37 Å². The molecule has 2 rings (SSSR count). The van der Waals surface area contributed by atoms with E-state index < -0.39 is 0 Å². The van der Waals surface area contributed by atoms with E-state index in [-0.39, 0.29) is 11.7 Å². The first-order valence-corrected chi connectivity index (χ1v) is 7.36. The first-order valence-electron chi connectivity index (χ1n) is 6.55. The number of nitrogens with zero attached hydrogens (tertiary/aromatic N) is 1. The van der Waals surface area contributed by atoms with Crippen molar-refractivity contribution in [2.45, 2.75) is 32.6 Å². The van der Waals surface area contributed by atoms with Crippen molar-refractivity contribution in [2.24, 2.45) is 0 Å². The van der Waals surface area contributed by atoms with Gasteiger partial charge in [0.15, 0.2) is 5.01 Å². The van der Waals surface area contributed by atoms with Crippen LogP contribution in [0, 0.1) is 5.82 Å². The third-order valence-electron chi connectivity index (χ3n) is 2.86. The highest BCUT2D eigenvalue weighted by Crippen LogP contribution is 2.22. The molecule has 0 radical (unpaired) electrons. The lowest BCUT2D eigenvalue weighted by Crippen LogP contribution is -2.24. The minimum atomic E-state index is -0.303. The van der Waals surface area contributed by atoms with Gasteiger partial charge in [0.05, 0.1) is 10.2 Å². The van der Waals surface area contributed by atoms with Gasteiger partial charge in [-0.3, -0.25) is 4.79 Å². The number of unbranched alkanes of at least 4 members (excludes halogenated alkanes) is 3. The monoisotopic (exact) mass is 280 g/mol. The molecule has 0 saturated heterocycles. The van der Waals surface area contributed by atoms with E-state index in [0.29, 0.717) is 21.8 Å². The molecule has 1 heterocycles. The van der Waals surface area contributed by atoms with Gasteiger partial charge in [-0.2, -0.15) is 0 Å². The van der Waals surface area contributed by atoms with Crippen LogP contribution in [0.25, 0.3) is 10.2 Å². The summed E-state index contributed by atoms with van der Waals surface area (Å²) >= 11 is 1.22. The molecule has 0 aliphatic rings. The Hall–Kier alpha value is -1.49. The fourth-order valence-corrected chi connectivity index (χ4v) is 2.73. The Labute approximate surface area is 115 Å². The molecule has 0 aliphatic heterocycles. The second kappa shape index (κ2) is 6.61. The SMILES string of the molecule is CCCCCCNC(=O)c1nc2ccc(F)cc2s1. The van der Waals surface area contributed by atoms with Crippen molar-refractivity contribution in [3.05, 3.63) is 29.0 Å². The maximum atomic E-state index is 13.0. The first kappa shape index (κ1) is 13.9. The lowest BCUT2D eigenvalue weighted by atomic mass is 10.2. The van der Waals surface area contributed by atoms with Crippen molar-refractivity contribution in [1.29, 1.82) is 0 Å². The van der Waals surface area contributed by atoms with Gasteiger partial charge in [-0.1, -0.05) is 26.2 Å². The number of halogens is 1. The van der Waals surface area contributed by atoms with Crippen molar-refractivity contribution < 1.29 is 9.18 Å². The van der Waals surface area contributed by atoms with E-state index in [2.05, 4.69) is 17.2 Å². The number of carbonyl (C=O) groups is 1. The van der Waals surface area contributed by atoms with Crippen LogP contribution < -0.4 is 5.32 Å². The van der Waals surface area contributed by atoms with Gasteiger partial charge in [-0.15, -0.1) is 11.3 Å². The molecule has 1 amide bonds. The van der Waals surface area contributed by atoms with Gasteiger partial charge in [0, 0.05) is 6.54 Å². The van der Waals surface area contributed by atoms with E-state index in [0.717, 1.165) is 12.8 Å². The molecule has 0 unspecified atom stereocenters. The van der Waals surface area contributed by atoms with Gasteiger partial charge in [0.1, 0.15) is 5.82 Å². The summed E-state index contributed by atoms with van der Waals surface area (Å²) in [5.74, 6) is -0.471. The zero-order valence-electron chi connectivity index (χ0n) is 10.9. The molecule has 102 valence electrons. The Morgan fingerprint density at radius 3 is 3.00 bits per heavy atom. The van der Waals surface area contributed by atoms with Gasteiger partial charge >= 0.3 is 0 Å². The van der Waals surface area contributed by atoms with Crippen LogP contribution in [-0.4, -0.2) is 17.4 Å². The normalized spacial score (nSPS) is 10.8. The largest absolute Gasteiger partial charge is 0.350 e. The second-order valence-electron chi connectivity index (χ2n) is 4.45. The molecule has 1 aromatic heterocycles. The number of amides is 1. The summed E-state index contributed by atoms with van der Waals surface area (Å²) in [5.41, 5.74) is 0.669. The van der Waals surface area contributed by atoms with Crippen LogP contribution in [0.15, 0.2) is 18.2 Å². The number of nitrogens with one attached hydrogen (secondary N) is 1. The summed E-state index contributed by atoms with van der Waals surface area (Å²) in [7, 11) is 0. The topological polar surface area (TPSA) is 42.0 Å². The molecule has 0 saturated carbocycles. The quantitative estimate of drug-likeness (QED) is 0.819. The number of thiazole rings is 1. The van der Waals surface area contributed by atoms with E-state index >= 15 is 0 Å². The number of hydrogen-bond donors (Lipinski definition) is 1. The van der Waals surface area contributed by atoms with Crippen molar-refractivity contribution in [3.8, 4) is 0 Å². The Balaban J connectivity index is 1.94. The number of rotatable bonds is 6. The van der Waals surface area contributed by atoms with Gasteiger partial charge < -0.3 is 5.32 Å². The minimum absolute atomic E-state index is 0.168. The van der Waals surface area contributed by atoms with E-state index in [1.807, 2.05) is 0 Å². The van der Waals surface area contributed by atoms with Crippen molar-refractivity contribution in [1.82, 2.24) is 10.3 Å². The van der Waals surface area contributed by atoms with Crippen LogP contribution in [0.2, 0.25) is 0 Å². The predicted octanol–water partition coefficient (Wildman–Crippen LogP) is 3.75. The van der Waals surface area contributed by atoms with Crippen LogP contribution in [0.1, 0.15) is 42.4 Å². The molecule has 0 spiro atoms. The van der Waals surface area contributed by atoms with E-state index in [1.165, 1.54) is 36.3 Å². The first-order chi connectivity index (χ1) is 9.20. The molecule has 0 atom stereocenters. The highest BCUT2D eigenvalue weighted by molar-refractivity contribution is 7.20. The fourth-order valence-electron chi connectivity index (χ4n) is 1.82. The van der Waals surface area contributed by atoms with Crippen LogP contribution in [0.4, 0.5) is 4.39 Å². The summed E-state index contributed by atoms with van der Waals surface area (Å²) in [6, 6.07) is 4.36. The molecular weight excluding hydrogens is 263 g/mol. The molecule has 0 fully saturated rings. The van der Waals surface area contributed by atoms with Crippen molar-refractivity contribution >= 4 is 27.5 Å². The van der Waals surface area contributed by atoms with Crippen LogP contribution in [0.3, 0.4) is 0 Å². The van der Waals surface area contributed by atoms with Crippen LogP contribution >= 0.6 is 11.3 Å². The van der Waals surface area contributed by atoms with E-state index in [1.54, 1.807) is 6.07 Å². The third kappa shape index (κ3) is 3.73. The summed E-state index contributed by atoms with van der Waals surface area (Å²) in [6.45, 7) is 2.82. The maximum absolute atomic E-state index is 13.0. The zero-order valence-corrected chi connectivity index (χ0v) is 11.7. The maximum Gasteiger partial charge on any atom is 0.280 e. The zero-order chi connectivity index (χ0) is 13.7. The molecule has 5 heteroatoms. The fraction of sp³-hybridized carbons (Fsp3) is 0.429. The molecule has 0 aliphatic carbocycles. The summed E-state index contributed by atoms with van der Waals surface area (Å²) in [4.78, 5) is 16.1. The highest BCUT2D eigenvalue weighted by Gasteiger charge is 2.11. The van der Waals surface area contributed by atoms with Gasteiger partial charge in [0.2, 0.25) is 0 Å². The molecule has 2 aromatic rings. The standard InChI is InChI=1S/C14H17FN2OS/c1-2-3-4-5-8-16-13(18)14-17-11-7-6-10(15)9-12(11)19-14/h6-7,9H,2-5,8H2,1H3,(H,16,18). The predicted molar refractivity (Wildman–Crippen MR) is 76.1 cm³/mol. The van der Waals surface area contributed by atoms with Crippen LogP contribution in [0.5, 0.6) is 0 Å².